The van der Waals surface area contributed by atoms with E-state index in [-0.39, 0.29) is 23.8 Å². The van der Waals surface area contributed by atoms with Crippen LogP contribution in [0, 0.1) is 5.92 Å². The number of ketones is 1. The van der Waals surface area contributed by atoms with Gasteiger partial charge in [0, 0.05) is 6.42 Å². The van der Waals surface area contributed by atoms with Crippen molar-refractivity contribution in [2.75, 3.05) is 0 Å². The van der Waals surface area contributed by atoms with Gasteiger partial charge < -0.3 is 9.53 Å². The zero-order valence-electron chi connectivity index (χ0n) is 12.2. The molecule has 0 N–H and O–H groups in total. The van der Waals surface area contributed by atoms with Gasteiger partial charge in [0.2, 0.25) is 0 Å². The quantitative estimate of drug-likeness (QED) is 0.362. The zero-order valence-corrected chi connectivity index (χ0v) is 12.2. The molecule has 0 spiro atoms. The van der Waals surface area contributed by atoms with E-state index in [1.54, 1.807) is 6.92 Å². The molecule has 0 aliphatic carbocycles. The summed E-state index contributed by atoms with van der Waals surface area (Å²) in [5.74, 6) is 0.320. The first kappa shape index (κ1) is 15.9. The number of hydrogen-bond acceptors (Lipinski definition) is 3. The Morgan fingerprint density at radius 3 is 2.63 bits per heavy atom. The van der Waals surface area contributed by atoms with Gasteiger partial charge in [-0.2, -0.15) is 0 Å². The van der Waals surface area contributed by atoms with Crippen molar-refractivity contribution in [3.05, 3.63) is 12.2 Å². The molecule has 0 radical (unpaired) electrons. The van der Waals surface area contributed by atoms with Crippen LogP contribution in [0.25, 0.3) is 0 Å². The molecule has 2 atom stereocenters. The minimum Gasteiger partial charge on any atom is -0.462 e. The summed E-state index contributed by atoms with van der Waals surface area (Å²) in [4.78, 5) is 22.1. The number of cyclic esters (lactones) is 1. The standard InChI is InChI=1S/C16H26O3/c1-13(17)10-8-6-4-3-5-7-9-11-15-12-14(2)19-16(15)18/h7,9,14-15H,3-6,8,10-12H2,1-2H3/b9-7+. The molecule has 1 fully saturated rings. The van der Waals surface area contributed by atoms with Gasteiger partial charge in [-0.3, -0.25) is 4.79 Å². The molecule has 0 aromatic carbocycles. The summed E-state index contributed by atoms with van der Waals surface area (Å²) in [6, 6.07) is 0. The van der Waals surface area contributed by atoms with E-state index in [0.717, 1.165) is 38.5 Å². The predicted octanol–water partition coefficient (Wildman–Crippen LogP) is 3.81. The van der Waals surface area contributed by atoms with E-state index >= 15 is 0 Å². The fourth-order valence-corrected chi connectivity index (χ4v) is 2.40. The van der Waals surface area contributed by atoms with Gasteiger partial charge in [-0.1, -0.05) is 25.0 Å². The molecule has 1 rings (SSSR count). The Balaban J connectivity index is 1.96. The minimum atomic E-state index is -0.0404. The summed E-state index contributed by atoms with van der Waals surface area (Å²) in [5.41, 5.74) is 0. The fourth-order valence-electron chi connectivity index (χ4n) is 2.40. The molecular formula is C16H26O3. The predicted molar refractivity (Wildman–Crippen MR) is 75.8 cm³/mol. The van der Waals surface area contributed by atoms with Gasteiger partial charge >= 0.3 is 5.97 Å². The van der Waals surface area contributed by atoms with Crippen LogP contribution < -0.4 is 0 Å². The van der Waals surface area contributed by atoms with Gasteiger partial charge in [0.1, 0.15) is 5.78 Å². The van der Waals surface area contributed by atoms with E-state index in [9.17, 15) is 9.59 Å². The van der Waals surface area contributed by atoms with Crippen LogP contribution in [0.15, 0.2) is 12.2 Å². The molecule has 1 heterocycles. The van der Waals surface area contributed by atoms with E-state index < -0.39 is 0 Å². The highest BCUT2D eigenvalue weighted by molar-refractivity contribution is 5.75. The second-order valence-electron chi connectivity index (χ2n) is 5.54. The second-order valence-corrected chi connectivity index (χ2v) is 5.54. The number of ether oxygens (including phenoxy) is 1. The molecule has 1 aliphatic heterocycles. The van der Waals surface area contributed by atoms with Gasteiger partial charge in [-0.25, -0.2) is 0 Å². The molecule has 0 amide bonds. The molecule has 0 bridgehead atoms. The highest BCUT2D eigenvalue weighted by atomic mass is 16.5. The van der Waals surface area contributed by atoms with Gasteiger partial charge in [0.15, 0.2) is 0 Å². The third kappa shape index (κ3) is 7.14. The van der Waals surface area contributed by atoms with Crippen LogP contribution in [0.4, 0.5) is 0 Å². The van der Waals surface area contributed by atoms with E-state index in [0.29, 0.717) is 0 Å². The van der Waals surface area contributed by atoms with Gasteiger partial charge in [0.25, 0.3) is 0 Å². The first-order chi connectivity index (χ1) is 9.09. The van der Waals surface area contributed by atoms with Crippen molar-refractivity contribution in [2.45, 2.75) is 71.3 Å². The molecule has 2 unspecified atom stereocenters. The number of unbranched alkanes of at least 4 members (excludes halogenated alkanes) is 4. The molecule has 0 saturated carbocycles. The number of rotatable bonds is 9. The van der Waals surface area contributed by atoms with Crippen molar-refractivity contribution in [2.24, 2.45) is 5.92 Å². The third-order valence-electron chi connectivity index (χ3n) is 3.50. The van der Waals surface area contributed by atoms with Crippen LogP contribution in [0.1, 0.15) is 65.2 Å². The Morgan fingerprint density at radius 2 is 2.00 bits per heavy atom. The van der Waals surface area contributed by atoms with E-state index in [2.05, 4.69) is 12.2 Å². The maximum Gasteiger partial charge on any atom is 0.309 e. The Morgan fingerprint density at radius 1 is 1.26 bits per heavy atom. The lowest BCUT2D eigenvalue weighted by molar-refractivity contribution is -0.143. The zero-order chi connectivity index (χ0) is 14.1. The number of carbonyl (C=O) groups excluding carboxylic acids is 2. The summed E-state index contributed by atoms with van der Waals surface area (Å²) in [6.45, 7) is 3.60. The highest BCUT2D eigenvalue weighted by Gasteiger charge is 2.30. The number of Topliss-reactive ketones (excluding diaryl/α,β-unsaturated/α-hetero) is 1. The van der Waals surface area contributed by atoms with Crippen LogP contribution in [0.3, 0.4) is 0 Å². The van der Waals surface area contributed by atoms with E-state index in [4.69, 9.17) is 4.74 Å². The molecule has 3 nitrogen and oxygen atoms in total. The normalized spacial score (nSPS) is 22.9. The average molecular weight is 266 g/mol. The molecule has 1 saturated heterocycles. The SMILES string of the molecule is CC(=O)CCCCCC/C=C/CC1CC(C)OC1=O. The molecule has 108 valence electrons. The topological polar surface area (TPSA) is 43.4 Å². The number of esters is 1. The molecule has 0 aromatic rings. The maximum atomic E-state index is 11.4. The second kappa shape index (κ2) is 8.89. The largest absolute Gasteiger partial charge is 0.462 e. The first-order valence-electron chi connectivity index (χ1n) is 7.44. The highest BCUT2D eigenvalue weighted by Crippen LogP contribution is 2.24. The Kier molecular flexibility index (Phi) is 7.46. The van der Waals surface area contributed by atoms with Crippen molar-refractivity contribution in [1.82, 2.24) is 0 Å². The van der Waals surface area contributed by atoms with E-state index in [1.165, 1.54) is 12.8 Å². The summed E-state index contributed by atoms with van der Waals surface area (Å²) >= 11 is 0. The number of allylic oxidation sites excluding steroid dienone is 2. The summed E-state index contributed by atoms with van der Waals surface area (Å²) in [5, 5.41) is 0. The first-order valence-corrected chi connectivity index (χ1v) is 7.44. The van der Waals surface area contributed by atoms with Gasteiger partial charge in [0.05, 0.1) is 12.0 Å². The lowest BCUT2D eigenvalue weighted by Gasteiger charge is -2.00. The molecule has 1 aliphatic rings. The Hall–Kier alpha value is -1.12. The van der Waals surface area contributed by atoms with Crippen LogP contribution >= 0.6 is 0 Å². The molecule has 3 heteroatoms. The minimum absolute atomic E-state index is 0.0404. The van der Waals surface area contributed by atoms with Gasteiger partial charge in [-0.05, 0) is 46.0 Å². The van der Waals surface area contributed by atoms with Crippen LogP contribution in [0.5, 0.6) is 0 Å². The van der Waals surface area contributed by atoms with Crippen molar-refractivity contribution in [3.63, 3.8) is 0 Å². The van der Waals surface area contributed by atoms with Crippen molar-refractivity contribution in [3.8, 4) is 0 Å². The lowest BCUT2D eigenvalue weighted by atomic mass is 10.0. The number of hydrogen-bond donors (Lipinski definition) is 0. The Bertz CT molecular complexity index is 320. The van der Waals surface area contributed by atoms with E-state index in [1.807, 2.05) is 6.92 Å². The van der Waals surface area contributed by atoms with Crippen LogP contribution in [0.2, 0.25) is 0 Å². The fraction of sp³-hybridized carbons (Fsp3) is 0.750. The monoisotopic (exact) mass is 266 g/mol. The summed E-state index contributed by atoms with van der Waals surface area (Å²) in [7, 11) is 0. The van der Waals surface area contributed by atoms with Gasteiger partial charge in [-0.15, -0.1) is 0 Å². The molecular weight excluding hydrogens is 240 g/mol. The Labute approximate surface area is 116 Å². The maximum absolute atomic E-state index is 11.4. The smallest absolute Gasteiger partial charge is 0.309 e. The number of carbonyl (C=O) groups is 2. The summed E-state index contributed by atoms with van der Waals surface area (Å²) < 4.78 is 5.12. The average Bonchev–Trinajstić information content (AvgIpc) is 2.65. The summed E-state index contributed by atoms with van der Waals surface area (Å²) in [6.07, 6.45) is 12.3. The van der Waals surface area contributed by atoms with Crippen molar-refractivity contribution < 1.29 is 14.3 Å². The van der Waals surface area contributed by atoms with Crippen LogP contribution in [-0.2, 0) is 14.3 Å². The molecule has 0 aromatic heterocycles. The molecule has 19 heavy (non-hydrogen) atoms. The van der Waals surface area contributed by atoms with Crippen molar-refractivity contribution >= 4 is 11.8 Å². The van der Waals surface area contributed by atoms with Crippen molar-refractivity contribution in [1.29, 1.82) is 0 Å². The lowest BCUT2D eigenvalue weighted by Crippen LogP contribution is -2.05. The van der Waals surface area contributed by atoms with Crippen LogP contribution in [-0.4, -0.2) is 17.9 Å². The third-order valence-corrected chi connectivity index (χ3v) is 3.50.